The molecule has 1 aromatic heterocycles. The standard InChI is InChI=1S/C19H18ClN3O2/c1-12-16(7-4-8-17(12)23-13(2)24)21-11-19-22-10-18(25-19)14-5-3-6-15(20)9-14/h3-10,21H,11H2,1-2H3,(H,23,24). The van der Waals surface area contributed by atoms with Gasteiger partial charge in [-0.15, -0.1) is 0 Å². The van der Waals surface area contributed by atoms with Gasteiger partial charge in [0.2, 0.25) is 11.8 Å². The summed E-state index contributed by atoms with van der Waals surface area (Å²) in [5.74, 6) is 1.14. The largest absolute Gasteiger partial charge is 0.439 e. The van der Waals surface area contributed by atoms with Crippen molar-refractivity contribution in [1.82, 2.24) is 4.98 Å². The van der Waals surface area contributed by atoms with Gasteiger partial charge in [0, 0.05) is 28.9 Å². The van der Waals surface area contributed by atoms with Crippen LogP contribution in [0, 0.1) is 6.92 Å². The SMILES string of the molecule is CC(=O)Nc1cccc(NCc2ncc(-c3cccc(Cl)c3)o2)c1C. The molecule has 3 aromatic rings. The second-order valence-electron chi connectivity index (χ2n) is 5.64. The fraction of sp³-hybridized carbons (Fsp3) is 0.158. The van der Waals surface area contributed by atoms with Crippen molar-refractivity contribution in [3.63, 3.8) is 0 Å². The van der Waals surface area contributed by atoms with Gasteiger partial charge in [0.15, 0.2) is 5.76 Å². The van der Waals surface area contributed by atoms with Crippen LogP contribution in [-0.4, -0.2) is 10.9 Å². The number of aromatic nitrogens is 1. The quantitative estimate of drug-likeness (QED) is 0.684. The average Bonchev–Trinajstić information content (AvgIpc) is 3.04. The fourth-order valence-electron chi connectivity index (χ4n) is 2.49. The second kappa shape index (κ2) is 7.40. The van der Waals surface area contributed by atoms with E-state index in [4.69, 9.17) is 16.0 Å². The van der Waals surface area contributed by atoms with Crippen LogP contribution in [0.1, 0.15) is 18.4 Å². The highest BCUT2D eigenvalue weighted by Crippen LogP contribution is 2.26. The van der Waals surface area contributed by atoms with Gasteiger partial charge in [-0.2, -0.15) is 0 Å². The molecule has 0 unspecified atom stereocenters. The van der Waals surface area contributed by atoms with Gasteiger partial charge in [-0.3, -0.25) is 4.79 Å². The molecule has 128 valence electrons. The highest BCUT2D eigenvalue weighted by atomic mass is 35.5. The van der Waals surface area contributed by atoms with E-state index in [9.17, 15) is 4.79 Å². The van der Waals surface area contributed by atoms with Gasteiger partial charge in [-0.1, -0.05) is 29.8 Å². The molecule has 6 heteroatoms. The molecule has 0 aliphatic carbocycles. The molecule has 0 bridgehead atoms. The lowest BCUT2D eigenvalue weighted by Crippen LogP contribution is -2.09. The number of benzene rings is 2. The predicted molar refractivity (Wildman–Crippen MR) is 99.8 cm³/mol. The molecule has 0 spiro atoms. The summed E-state index contributed by atoms with van der Waals surface area (Å²) in [6.45, 7) is 3.87. The van der Waals surface area contributed by atoms with Gasteiger partial charge >= 0.3 is 0 Å². The second-order valence-corrected chi connectivity index (χ2v) is 6.08. The van der Waals surface area contributed by atoms with Crippen molar-refractivity contribution in [3.05, 3.63) is 65.1 Å². The minimum Gasteiger partial charge on any atom is -0.439 e. The van der Waals surface area contributed by atoms with Crippen LogP contribution >= 0.6 is 11.6 Å². The van der Waals surface area contributed by atoms with E-state index in [1.54, 1.807) is 6.20 Å². The normalized spacial score (nSPS) is 10.5. The molecule has 5 nitrogen and oxygen atoms in total. The average molecular weight is 356 g/mol. The van der Waals surface area contributed by atoms with Crippen LogP contribution in [0.15, 0.2) is 53.1 Å². The van der Waals surface area contributed by atoms with E-state index < -0.39 is 0 Å². The van der Waals surface area contributed by atoms with Gasteiger partial charge in [0.05, 0.1) is 12.7 Å². The number of hydrogen-bond donors (Lipinski definition) is 2. The molecule has 2 N–H and O–H groups in total. The van der Waals surface area contributed by atoms with E-state index in [0.717, 1.165) is 22.5 Å². The van der Waals surface area contributed by atoms with Crippen LogP contribution in [0.3, 0.4) is 0 Å². The van der Waals surface area contributed by atoms with Gasteiger partial charge in [-0.25, -0.2) is 4.98 Å². The van der Waals surface area contributed by atoms with Gasteiger partial charge in [0.1, 0.15) is 0 Å². The number of oxazole rings is 1. The Hall–Kier alpha value is -2.79. The first-order valence-electron chi connectivity index (χ1n) is 7.84. The highest BCUT2D eigenvalue weighted by Gasteiger charge is 2.09. The zero-order valence-corrected chi connectivity index (χ0v) is 14.7. The summed E-state index contributed by atoms with van der Waals surface area (Å²) in [5.41, 5.74) is 3.53. The molecule has 0 radical (unpaired) electrons. The molecule has 1 amide bonds. The van der Waals surface area contributed by atoms with E-state index >= 15 is 0 Å². The monoisotopic (exact) mass is 355 g/mol. The number of nitrogens with one attached hydrogen (secondary N) is 2. The van der Waals surface area contributed by atoms with Crippen molar-refractivity contribution in [2.24, 2.45) is 0 Å². The maximum absolute atomic E-state index is 11.3. The number of halogens is 1. The summed E-state index contributed by atoms with van der Waals surface area (Å²) in [6.07, 6.45) is 1.68. The van der Waals surface area contributed by atoms with Crippen molar-refractivity contribution >= 4 is 28.9 Å². The number of rotatable bonds is 5. The number of amides is 1. The molecule has 3 rings (SSSR count). The van der Waals surface area contributed by atoms with Crippen LogP contribution in [0.2, 0.25) is 5.02 Å². The van der Waals surface area contributed by atoms with E-state index in [2.05, 4.69) is 15.6 Å². The first kappa shape index (κ1) is 17.0. The summed E-state index contributed by atoms with van der Waals surface area (Å²) in [4.78, 5) is 15.5. The summed E-state index contributed by atoms with van der Waals surface area (Å²) in [6, 6.07) is 13.1. The summed E-state index contributed by atoms with van der Waals surface area (Å²) in [7, 11) is 0. The summed E-state index contributed by atoms with van der Waals surface area (Å²) < 4.78 is 5.78. The maximum Gasteiger partial charge on any atom is 0.221 e. The lowest BCUT2D eigenvalue weighted by molar-refractivity contribution is -0.114. The van der Waals surface area contributed by atoms with E-state index in [0.29, 0.717) is 23.2 Å². The molecule has 2 aromatic carbocycles. The molecule has 0 aliphatic heterocycles. The summed E-state index contributed by atoms with van der Waals surface area (Å²) >= 11 is 6.01. The van der Waals surface area contributed by atoms with Gasteiger partial charge < -0.3 is 15.1 Å². The van der Waals surface area contributed by atoms with Crippen molar-refractivity contribution in [2.75, 3.05) is 10.6 Å². The zero-order valence-electron chi connectivity index (χ0n) is 14.0. The Balaban J connectivity index is 1.72. The van der Waals surface area contributed by atoms with Crippen LogP contribution < -0.4 is 10.6 Å². The van der Waals surface area contributed by atoms with E-state index in [-0.39, 0.29) is 5.91 Å². The first-order chi connectivity index (χ1) is 12.0. The molecule has 0 saturated heterocycles. The maximum atomic E-state index is 11.3. The molecule has 0 saturated carbocycles. The number of anilines is 2. The Morgan fingerprint density at radius 1 is 1.20 bits per heavy atom. The molecule has 1 heterocycles. The van der Waals surface area contributed by atoms with Crippen molar-refractivity contribution in [1.29, 1.82) is 0 Å². The van der Waals surface area contributed by atoms with Crippen molar-refractivity contribution in [2.45, 2.75) is 20.4 Å². The van der Waals surface area contributed by atoms with E-state index in [1.807, 2.05) is 49.4 Å². The molecule has 0 atom stereocenters. The Labute approximate surface area is 151 Å². The van der Waals surface area contributed by atoms with Gasteiger partial charge in [0.25, 0.3) is 0 Å². The first-order valence-corrected chi connectivity index (χ1v) is 8.22. The smallest absolute Gasteiger partial charge is 0.221 e. The zero-order chi connectivity index (χ0) is 17.8. The highest BCUT2D eigenvalue weighted by molar-refractivity contribution is 6.30. The van der Waals surface area contributed by atoms with Crippen LogP contribution in [0.4, 0.5) is 11.4 Å². The predicted octanol–water partition coefficient (Wildman–Crippen LogP) is 4.87. The number of carbonyl (C=O) groups excluding carboxylic acids is 1. The lowest BCUT2D eigenvalue weighted by atomic mass is 10.1. The number of hydrogen-bond acceptors (Lipinski definition) is 4. The Bertz CT molecular complexity index is 905. The van der Waals surface area contributed by atoms with Crippen LogP contribution in [0.5, 0.6) is 0 Å². The number of carbonyl (C=O) groups is 1. The van der Waals surface area contributed by atoms with Crippen LogP contribution in [-0.2, 0) is 11.3 Å². The minimum atomic E-state index is -0.0980. The summed E-state index contributed by atoms with van der Waals surface area (Å²) in [5, 5.41) is 6.75. The van der Waals surface area contributed by atoms with Gasteiger partial charge in [-0.05, 0) is 36.8 Å². The van der Waals surface area contributed by atoms with Crippen LogP contribution in [0.25, 0.3) is 11.3 Å². The lowest BCUT2D eigenvalue weighted by Gasteiger charge is -2.12. The third-order valence-electron chi connectivity index (χ3n) is 3.74. The molecule has 0 fully saturated rings. The third kappa shape index (κ3) is 4.19. The number of nitrogens with zero attached hydrogens (tertiary/aromatic N) is 1. The van der Waals surface area contributed by atoms with E-state index in [1.165, 1.54) is 6.92 Å². The topological polar surface area (TPSA) is 67.2 Å². The minimum absolute atomic E-state index is 0.0980. The molecule has 0 aliphatic rings. The Morgan fingerprint density at radius 3 is 2.72 bits per heavy atom. The molecule has 25 heavy (non-hydrogen) atoms. The van der Waals surface area contributed by atoms with Crippen molar-refractivity contribution < 1.29 is 9.21 Å². The fourth-order valence-corrected chi connectivity index (χ4v) is 2.68. The molecular formula is C19H18ClN3O2. The Morgan fingerprint density at radius 2 is 1.96 bits per heavy atom. The molecular weight excluding hydrogens is 338 g/mol. The van der Waals surface area contributed by atoms with Crippen molar-refractivity contribution in [3.8, 4) is 11.3 Å². The Kier molecular flexibility index (Phi) is 5.05. The third-order valence-corrected chi connectivity index (χ3v) is 3.97.